The second-order valence-electron chi connectivity index (χ2n) is 6.56. The zero-order valence-corrected chi connectivity index (χ0v) is 16.5. The average Bonchev–Trinajstić information content (AvgIpc) is 3.13. The first-order valence-electron chi connectivity index (χ1n) is 9.12. The van der Waals surface area contributed by atoms with Gasteiger partial charge in [0, 0.05) is 18.8 Å². The molecule has 0 saturated carbocycles. The van der Waals surface area contributed by atoms with Crippen LogP contribution in [0.5, 0.6) is 17.2 Å². The number of carbonyl (C=O) groups is 2. The van der Waals surface area contributed by atoms with Gasteiger partial charge in [0.25, 0.3) is 0 Å². The quantitative estimate of drug-likeness (QED) is 0.721. The van der Waals surface area contributed by atoms with Crippen molar-refractivity contribution in [2.24, 2.45) is 5.92 Å². The van der Waals surface area contributed by atoms with E-state index in [2.05, 4.69) is 5.32 Å². The Hall–Kier alpha value is -3.29. The highest BCUT2D eigenvalue weighted by Gasteiger charge is 2.37. The van der Waals surface area contributed by atoms with Gasteiger partial charge in [0.15, 0.2) is 11.5 Å². The molecule has 0 bridgehead atoms. The molecule has 2 aromatic carbocycles. The number of nitrogens with zero attached hydrogens (tertiary/aromatic N) is 1. The van der Waals surface area contributed by atoms with E-state index in [1.807, 2.05) is 0 Å². The van der Waals surface area contributed by atoms with E-state index >= 15 is 0 Å². The lowest BCUT2D eigenvalue weighted by molar-refractivity contribution is -0.132. The van der Waals surface area contributed by atoms with Crippen molar-refractivity contribution in [2.45, 2.75) is 13.0 Å². The summed E-state index contributed by atoms with van der Waals surface area (Å²) in [7, 11) is 4.54. The number of anilines is 1. The van der Waals surface area contributed by atoms with E-state index in [0.29, 0.717) is 35.9 Å². The Balaban J connectivity index is 1.67. The van der Waals surface area contributed by atoms with E-state index in [0.717, 1.165) is 5.56 Å². The Morgan fingerprint density at radius 2 is 1.72 bits per heavy atom. The van der Waals surface area contributed by atoms with Crippen LogP contribution in [-0.4, -0.2) is 39.7 Å². The van der Waals surface area contributed by atoms with Crippen molar-refractivity contribution < 1.29 is 28.2 Å². The minimum atomic E-state index is -0.776. The van der Waals surface area contributed by atoms with Crippen molar-refractivity contribution in [2.75, 3.05) is 32.8 Å². The fourth-order valence-corrected chi connectivity index (χ4v) is 3.35. The van der Waals surface area contributed by atoms with E-state index in [1.54, 1.807) is 12.1 Å². The van der Waals surface area contributed by atoms with E-state index in [1.165, 1.54) is 50.5 Å². The molecule has 1 heterocycles. The van der Waals surface area contributed by atoms with Gasteiger partial charge in [-0.2, -0.15) is 0 Å². The minimum Gasteiger partial charge on any atom is -0.493 e. The number of halogens is 1. The van der Waals surface area contributed by atoms with Gasteiger partial charge in [-0.1, -0.05) is 0 Å². The van der Waals surface area contributed by atoms with Crippen LogP contribution in [0.3, 0.4) is 0 Å². The standard InChI is InChI=1S/C21H23FN2O5/c1-27-17-10-13(11-18(28-2)19(17)29-3)12-23-20(25)16-8-9-24(21(16)26)15-6-4-14(22)5-7-15/h4-7,10-11,16H,8-9,12H2,1-3H3,(H,23,25). The van der Waals surface area contributed by atoms with Gasteiger partial charge >= 0.3 is 0 Å². The molecule has 0 radical (unpaired) electrons. The number of methoxy groups -OCH3 is 3. The summed E-state index contributed by atoms with van der Waals surface area (Å²) in [4.78, 5) is 26.7. The number of hydrogen-bond acceptors (Lipinski definition) is 5. The van der Waals surface area contributed by atoms with Crippen molar-refractivity contribution in [3.63, 3.8) is 0 Å². The van der Waals surface area contributed by atoms with Crippen LogP contribution in [0.15, 0.2) is 36.4 Å². The van der Waals surface area contributed by atoms with Crippen LogP contribution in [0.2, 0.25) is 0 Å². The molecule has 1 saturated heterocycles. The molecule has 0 aromatic heterocycles. The first-order valence-corrected chi connectivity index (χ1v) is 9.12. The molecule has 1 aliphatic heterocycles. The molecule has 1 fully saturated rings. The summed E-state index contributed by atoms with van der Waals surface area (Å²) >= 11 is 0. The van der Waals surface area contributed by atoms with Crippen molar-refractivity contribution in [1.29, 1.82) is 0 Å². The van der Waals surface area contributed by atoms with Gasteiger partial charge in [-0.3, -0.25) is 9.59 Å². The molecule has 3 rings (SSSR count). The van der Waals surface area contributed by atoms with Crippen LogP contribution in [0.25, 0.3) is 0 Å². The SMILES string of the molecule is COc1cc(CNC(=O)C2CCN(c3ccc(F)cc3)C2=O)cc(OC)c1OC. The lowest BCUT2D eigenvalue weighted by Gasteiger charge is -2.17. The summed E-state index contributed by atoms with van der Waals surface area (Å²) in [6, 6.07) is 9.12. The van der Waals surface area contributed by atoms with E-state index in [4.69, 9.17) is 14.2 Å². The van der Waals surface area contributed by atoms with Crippen LogP contribution in [0.1, 0.15) is 12.0 Å². The first kappa shape index (κ1) is 20.4. The Kier molecular flexibility index (Phi) is 6.21. The number of nitrogens with one attached hydrogen (secondary N) is 1. The van der Waals surface area contributed by atoms with Crippen LogP contribution >= 0.6 is 0 Å². The molecule has 0 spiro atoms. The number of benzene rings is 2. The summed E-state index contributed by atoms with van der Waals surface area (Å²) in [5, 5.41) is 2.79. The van der Waals surface area contributed by atoms with Crippen molar-refractivity contribution in [1.82, 2.24) is 5.32 Å². The third-order valence-electron chi connectivity index (χ3n) is 4.85. The lowest BCUT2D eigenvalue weighted by Crippen LogP contribution is -2.36. The van der Waals surface area contributed by atoms with Gasteiger partial charge < -0.3 is 24.4 Å². The highest BCUT2D eigenvalue weighted by Crippen LogP contribution is 2.38. The molecular formula is C21H23FN2O5. The molecule has 2 amide bonds. The third kappa shape index (κ3) is 4.26. The highest BCUT2D eigenvalue weighted by molar-refractivity contribution is 6.09. The molecule has 1 unspecified atom stereocenters. The second kappa shape index (κ2) is 8.81. The van der Waals surface area contributed by atoms with Crippen molar-refractivity contribution in [3.8, 4) is 17.2 Å². The molecule has 1 N–H and O–H groups in total. The summed E-state index contributed by atoms with van der Waals surface area (Å²) in [6.07, 6.45) is 0.400. The normalized spacial score (nSPS) is 15.9. The molecule has 2 aromatic rings. The van der Waals surface area contributed by atoms with Crippen LogP contribution in [0, 0.1) is 11.7 Å². The summed E-state index contributed by atoms with van der Waals surface area (Å²) < 4.78 is 29.0. The zero-order chi connectivity index (χ0) is 21.0. The number of amides is 2. The predicted molar refractivity (Wildman–Crippen MR) is 105 cm³/mol. The molecule has 1 aliphatic rings. The Morgan fingerprint density at radius 1 is 1.10 bits per heavy atom. The van der Waals surface area contributed by atoms with Gasteiger partial charge in [-0.05, 0) is 48.4 Å². The first-order chi connectivity index (χ1) is 14.0. The van der Waals surface area contributed by atoms with Crippen LogP contribution < -0.4 is 24.4 Å². The summed E-state index contributed by atoms with van der Waals surface area (Å²) in [6.45, 7) is 0.614. The molecule has 154 valence electrons. The third-order valence-corrected chi connectivity index (χ3v) is 4.85. The fourth-order valence-electron chi connectivity index (χ4n) is 3.35. The Labute approximate surface area is 168 Å². The molecule has 8 heteroatoms. The molecule has 1 atom stereocenters. The number of hydrogen-bond donors (Lipinski definition) is 1. The van der Waals surface area contributed by atoms with Crippen molar-refractivity contribution >= 4 is 17.5 Å². The molecule has 29 heavy (non-hydrogen) atoms. The average molecular weight is 402 g/mol. The summed E-state index contributed by atoms with van der Waals surface area (Å²) in [5.41, 5.74) is 1.32. The monoisotopic (exact) mass is 402 g/mol. The second-order valence-corrected chi connectivity index (χ2v) is 6.56. The highest BCUT2D eigenvalue weighted by atomic mass is 19.1. The lowest BCUT2D eigenvalue weighted by atomic mass is 10.1. The maximum atomic E-state index is 13.1. The van der Waals surface area contributed by atoms with E-state index < -0.39 is 5.92 Å². The molecule has 7 nitrogen and oxygen atoms in total. The Bertz CT molecular complexity index is 875. The largest absolute Gasteiger partial charge is 0.493 e. The smallest absolute Gasteiger partial charge is 0.239 e. The zero-order valence-electron chi connectivity index (χ0n) is 16.5. The van der Waals surface area contributed by atoms with Crippen LogP contribution in [0.4, 0.5) is 10.1 Å². The number of ether oxygens (including phenoxy) is 3. The van der Waals surface area contributed by atoms with Crippen LogP contribution in [-0.2, 0) is 16.1 Å². The predicted octanol–water partition coefficient (Wildman–Crippen LogP) is 2.52. The van der Waals surface area contributed by atoms with E-state index in [9.17, 15) is 14.0 Å². The number of rotatable bonds is 7. The Morgan fingerprint density at radius 3 is 2.28 bits per heavy atom. The van der Waals surface area contributed by atoms with Gasteiger partial charge in [-0.15, -0.1) is 0 Å². The van der Waals surface area contributed by atoms with Gasteiger partial charge in [0.05, 0.1) is 21.3 Å². The van der Waals surface area contributed by atoms with Gasteiger partial charge in [0.1, 0.15) is 11.7 Å². The maximum Gasteiger partial charge on any atom is 0.239 e. The maximum absolute atomic E-state index is 13.1. The number of carbonyl (C=O) groups excluding carboxylic acids is 2. The summed E-state index contributed by atoms with van der Waals surface area (Å²) in [5.74, 6) is -0.369. The molecule has 0 aliphatic carbocycles. The fraction of sp³-hybridized carbons (Fsp3) is 0.333. The van der Waals surface area contributed by atoms with Crippen molar-refractivity contribution in [3.05, 3.63) is 47.8 Å². The molecular weight excluding hydrogens is 379 g/mol. The topological polar surface area (TPSA) is 77.1 Å². The van der Waals surface area contributed by atoms with Gasteiger partial charge in [0.2, 0.25) is 17.6 Å². The van der Waals surface area contributed by atoms with Gasteiger partial charge in [-0.25, -0.2) is 4.39 Å². The minimum absolute atomic E-state index is 0.204. The van der Waals surface area contributed by atoms with E-state index in [-0.39, 0.29) is 24.2 Å².